The molecule has 352 valence electrons. The normalized spacial score (nSPS) is 20.3. The average Bonchev–Trinajstić information content (AvgIpc) is 3.97. The fourth-order valence-corrected chi connectivity index (χ4v) is 7.85. The number of nitrogens with zero attached hydrogens (tertiary/aromatic N) is 1. The number of amides is 7. The highest BCUT2D eigenvalue weighted by Gasteiger charge is 2.33. The molecule has 0 unspecified atom stereocenters. The van der Waals surface area contributed by atoms with Gasteiger partial charge in [-0.25, -0.2) is 4.98 Å². The van der Waals surface area contributed by atoms with Gasteiger partial charge in [-0.1, -0.05) is 68.3 Å². The van der Waals surface area contributed by atoms with Crippen molar-refractivity contribution in [3.63, 3.8) is 0 Å². The van der Waals surface area contributed by atoms with Crippen molar-refractivity contribution in [3.05, 3.63) is 90.1 Å². The zero-order valence-corrected chi connectivity index (χ0v) is 37.3. The molecule has 7 amide bonds. The van der Waals surface area contributed by atoms with Crippen molar-refractivity contribution in [2.75, 3.05) is 6.54 Å². The molecule has 2 aromatic carbocycles. The largest absolute Gasteiger partial charge is 0.368 e. The first-order valence-electron chi connectivity index (χ1n) is 22.4. The summed E-state index contributed by atoms with van der Waals surface area (Å²) in [6, 6.07) is 10.4. The van der Waals surface area contributed by atoms with Crippen molar-refractivity contribution < 1.29 is 43.2 Å². The second-order valence-electron chi connectivity index (χ2n) is 16.7. The number of primary amides is 1. The van der Waals surface area contributed by atoms with Gasteiger partial charge >= 0.3 is 0 Å². The van der Waals surface area contributed by atoms with Crippen LogP contribution in [0.2, 0.25) is 0 Å². The molecule has 0 spiro atoms. The van der Waals surface area contributed by atoms with Crippen LogP contribution in [0, 0.1) is 5.92 Å². The molecule has 19 nitrogen and oxygen atoms in total. The monoisotopic (exact) mass is 908 g/mol. The fraction of sp³-hybridized carbons (Fsp3) is 0.447. The number of hydrogen-bond donors (Lipinski definition) is 9. The Morgan fingerprint density at radius 2 is 1.58 bits per heavy atom. The number of nitrogens with two attached hydrogens (primary N) is 1. The lowest BCUT2D eigenvalue weighted by Gasteiger charge is -2.26. The fourth-order valence-electron chi connectivity index (χ4n) is 7.85. The molecule has 1 saturated heterocycles. The quantitative estimate of drug-likeness (QED) is 0.0823. The first kappa shape index (κ1) is 49.8. The Bertz CT molecular complexity index is 2330. The molecule has 5 rings (SSSR count). The first-order valence-corrected chi connectivity index (χ1v) is 22.4. The van der Waals surface area contributed by atoms with Crippen LogP contribution in [-0.4, -0.2) is 105 Å². The van der Waals surface area contributed by atoms with E-state index in [4.69, 9.17) is 5.73 Å². The molecule has 19 heteroatoms. The van der Waals surface area contributed by atoms with Crippen molar-refractivity contribution in [1.82, 2.24) is 46.9 Å². The minimum atomic E-state index is -1.37. The van der Waals surface area contributed by atoms with E-state index in [1.54, 1.807) is 36.5 Å². The Morgan fingerprint density at radius 3 is 2.29 bits per heavy atom. The van der Waals surface area contributed by atoms with Gasteiger partial charge in [0.2, 0.25) is 41.4 Å². The maximum Gasteiger partial charge on any atom is 0.243 e. The lowest BCUT2D eigenvalue weighted by atomic mass is 9.93. The van der Waals surface area contributed by atoms with Gasteiger partial charge in [0.25, 0.3) is 0 Å². The molecular weight excluding hydrogens is 849 g/mol. The molecule has 0 saturated carbocycles. The number of aromatic amines is 2. The van der Waals surface area contributed by atoms with Crippen molar-refractivity contribution in [2.45, 2.75) is 121 Å². The van der Waals surface area contributed by atoms with Crippen molar-refractivity contribution in [1.29, 1.82) is 0 Å². The van der Waals surface area contributed by atoms with Crippen LogP contribution in [0.3, 0.4) is 0 Å². The minimum absolute atomic E-state index is 0.0473. The van der Waals surface area contributed by atoms with Crippen LogP contribution in [0.25, 0.3) is 10.9 Å². The number of carbonyl (C=O) groups is 9. The third-order valence-corrected chi connectivity index (χ3v) is 11.5. The maximum atomic E-state index is 14.2. The van der Waals surface area contributed by atoms with E-state index in [1.165, 1.54) is 19.4 Å². The number of unbranched alkanes of at least 4 members (excludes halogenated alkanes) is 1. The molecule has 1 aliphatic rings. The van der Waals surface area contributed by atoms with Gasteiger partial charge in [0.15, 0.2) is 5.78 Å². The van der Waals surface area contributed by atoms with Gasteiger partial charge in [-0.2, -0.15) is 0 Å². The van der Waals surface area contributed by atoms with Gasteiger partial charge < -0.3 is 47.6 Å². The Labute approximate surface area is 382 Å². The lowest BCUT2D eigenvalue weighted by Crippen LogP contribution is -2.58. The average molecular weight is 909 g/mol. The zero-order chi connectivity index (χ0) is 47.6. The van der Waals surface area contributed by atoms with Crippen molar-refractivity contribution >= 4 is 63.8 Å². The summed E-state index contributed by atoms with van der Waals surface area (Å²) in [6.45, 7) is 3.09. The van der Waals surface area contributed by atoms with E-state index in [0.717, 1.165) is 22.9 Å². The summed E-state index contributed by atoms with van der Waals surface area (Å²) in [5.74, 6) is -6.67. The Balaban J connectivity index is 1.43. The highest BCUT2D eigenvalue weighted by atomic mass is 16.2. The van der Waals surface area contributed by atoms with Gasteiger partial charge in [-0.15, -0.1) is 0 Å². The van der Waals surface area contributed by atoms with Gasteiger partial charge in [0.1, 0.15) is 30.0 Å². The molecule has 3 heterocycles. The van der Waals surface area contributed by atoms with E-state index in [9.17, 15) is 43.2 Å². The Kier molecular flexibility index (Phi) is 18.7. The number of ketones is 2. The molecule has 0 radical (unpaired) electrons. The van der Waals surface area contributed by atoms with E-state index >= 15 is 0 Å². The molecule has 6 atom stereocenters. The molecule has 1 aliphatic heterocycles. The topological polar surface area (TPSA) is 296 Å². The van der Waals surface area contributed by atoms with E-state index < -0.39 is 89.0 Å². The summed E-state index contributed by atoms with van der Waals surface area (Å²) in [5, 5.41) is 17.0. The predicted molar refractivity (Wildman–Crippen MR) is 243 cm³/mol. The van der Waals surface area contributed by atoms with E-state index in [2.05, 4.69) is 46.9 Å². The van der Waals surface area contributed by atoms with Crippen LogP contribution in [0.1, 0.15) is 88.5 Å². The molecule has 10 N–H and O–H groups in total. The van der Waals surface area contributed by atoms with Gasteiger partial charge in [-0.3, -0.25) is 43.2 Å². The van der Waals surface area contributed by atoms with Gasteiger partial charge in [0, 0.05) is 86.9 Å². The number of Topliss-reactive ketones (excluding diaryl/α,β-unsaturated/α-hetero) is 2. The molecule has 0 bridgehead atoms. The summed E-state index contributed by atoms with van der Waals surface area (Å²) in [6.07, 6.45) is 4.67. The number of benzene rings is 2. The Morgan fingerprint density at radius 1 is 0.833 bits per heavy atom. The summed E-state index contributed by atoms with van der Waals surface area (Å²) in [4.78, 5) is 132. The van der Waals surface area contributed by atoms with Crippen molar-refractivity contribution in [3.8, 4) is 0 Å². The number of fused-ring (bicyclic) bond motifs is 1. The van der Waals surface area contributed by atoms with Crippen LogP contribution in [-0.2, 0) is 62.4 Å². The van der Waals surface area contributed by atoms with Crippen LogP contribution in [0.4, 0.5) is 0 Å². The number of para-hydroxylation sites is 1. The predicted octanol–water partition coefficient (Wildman–Crippen LogP) is 1.26. The molecule has 66 heavy (non-hydrogen) atoms. The highest BCUT2D eigenvalue weighted by Crippen LogP contribution is 2.20. The first-order chi connectivity index (χ1) is 31.7. The molecular formula is C47H60N10O9. The van der Waals surface area contributed by atoms with Crippen LogP contribution in [0.5, 0.6) is 0 Å². The van der Waals surface area contributed by atoms with Crippen LogP contribution < -0.4 is 37.6 Å². The van der Waals surface area contributed by atoms with Gasteiger partial charge in [-0.05, 0) is 42.9 Å². The summed E-state index contributed by atoms with van der Waals surface area (Å²) in [5.41, 5.74) is 8.50. The number of nitrogens with one attached hydrogen (secondary N) is 8. The Hall–Kier alpha value is -7.18. The zero-order valence-electron chi connectivity index (χ0n) is 37.3. The van der Waals surface area contributed by atoms with Crippen molar-refractivity contribution in [2.24, 2.45) is 11.7 Å². The second kappa shape index (κ2) is 24.8. The molecule has 1 fully saturated rings. The smallest absolute Gasteiger partial charge is 0.243 e. The van der Waals surface area contributed by atoms with Crippen LogP contribution >= 0.6 is 0 Å². The molecule has 4 aromatic rings. The number of rotatable bonds is 15. The van der Waals surface area contributed by atoms with E-state index in [1.807, 2.05) is 31.2 Å². The summed E-state index contributed by atoms with van der Waals surface area (Å²) >= 11 is 0. The number of H-pyrrole nitrogens is 2. The lowest BCUT2D eigenvalue weighted by molar-refractivity contribution is -0.134. The maximum absolute atomic E-state index is 14.2. The third kappa shape index (κ3) is 15.2. The number of imidazole rings is 1. The minimum Gasteiger partial charge on any atom is -0.368 e. The summed E-state index contributed by atoms with van der Waals surface area (Å²) < 4.78 is 0. The second-order valence-corrected chi connectivity index (χ2v) is 16.7. The van der Waals surface area contributed by atoms with E-state index in [-0.39, 0.29) is 70.8 Å². The summed E-state index contributed by atoms with van der Waals surface area (Å²) in [7, 11) is 0. The number of hydrogen-bond acceptors (Lipinski definition) is 10. The number of carbonyl (C=O) groups excluding carboxylic acids is 9. The highest BCUT2D eigenvalue weighted by molar-refractivity contribution is 5.97. The molecule has 2 aromatic heterocycles. The number of aromatic nitrogens is 3. The standard InChI is InChI=1S/C47H60N10O9/c1-3-4-13-36(53-28(2)58)45(64)54-37-16-18-42(61)50-20-19-30(44(63)56-39(43(48)62)23-31-25-51-35-14-9-8-12-34(31)35)22-33(59)15-17-41(60)38(21-29-10-6-5-7-11-29)55-47(66)40(57-46(37)65)24-32-26-49-27-52-32/h5-12,14,25-27,30,36-40,51H,3-4,13,15-24H2,1-2H3,(H2,48,62)(H,49,52)(H,50,61)(H,53,58)(H,54,64)(H,55,66)(H,56,63)(H,57,65)/t30-,36+,37+,38-,39+,40+/m1/s1. The molecule has 0 aliphatic carbocycles. The van der Waals surface area contributed by atoms with E-state index in [0.29, 0.717) is 17.7 Å². The SMILES string of the molecule is CCCC[C@H](NC(C)=O)C(=O)N[C@H]1CCC(=O)NCC[C@@H](C(=O)N[C@@H](Cc2c[nH]c3ccccc23)C(N)=O)CC(=O)CCC(=O)[C@@H](Cc2ccccc2)NC(=O)[C@H](Cc2cnc[nH]2)NC1=O. The third-order valence-electron chi connectivity index (χ3n) is 11.5. The van der Waals surface area contributed by atoms with Crippen LogP contribution in [0.15, 0.2) is 73.3 Å². The van der Waals surface area contributed by atoms with Gasteiger partial charge in [0.05, 0.1) is 12.4 Å².